The van der Waals surface area contributed by atoms with E-state index in [0.29, 0.717) is 42.7 Å². The number of hydrogen-bond donors (Lipinski definition) is 1. The molecule has 0 aromatic heterocycles. The second-order valence-corrected chi connectivity index (χ2v) is 5.46. The topological polar surface area (TPSA) is 148 Å². The summed E-state index contributed by atoms with van der Waals surface area (Å²) in [6.45, 7) is 4.20. The number of nitriles is 5. The average molecular weight is 444 g/mol. The largest absolute Gasteiger partial charge is 0.398 e. The van der Waals surface area contributed by atoms with Crippen LogP contribution >= 0.6 is 0 Å². The van der Waals surface area contributed by atoms with Gasteiger partial charge in [0.25, 0.3) is 0 Å². The SMILES string of the molecule is C.C.C.C=CC#N.N#CCCN(CCC#N)c1ccccc1C#N.N#Cc1ccccc1N. The predicted octanol–water partition coefficient (Wildman–Crippen LogP) is 5.94. The summed E-state index contributed by atoms with van der Waals surface area (Å²) in [4.78, 5) is 1.91. The molecule has 0 aliphatic carbocycles. The fourth-order valence-electron chi connectivity index (χ4n) is 2.17. The smallest absolute Gasteiger partial charge is 0.101 e. The molecule has 0 aliphatic rings. The van der Waals surface area contributed by atoms with Crippen LogP contribution in [0.5, 0.6) is 0 Å². The van der Waals surface area contributed by atoms with Gasteiger partial charge in [0, 0.05) is 24.9 Å². The lowest BCUT2D eigenvalue weighted by Crippen LogP contribution is -2.26. The van der Waals surface area contributed by atoms with Gasteiger partial charge in [0.05, 0.1) is 47.9 Å². The second-order valence-electron chi connectivity index (χ2n) is 5.46. The predicted molar refractivity (Wildman–Crippen MR) is 135 cm³/mol. The Morgan fingerprint density at radius 2 is 1.18 bits per heavy atom. The minimum absolute atomic E-state index is 0. The number of para-hydroxylation sites is 2. The number of anilines is 2. The van der Waals surface area contributed by atoms with E-state index in [2.05, 4.69) is 24.8 Å². The number of benzene rings is 2. The first-order chi connectivity index (χ1) is 14.6. The molecule has 2 N–H and O–H groups in total. The maximum atomic E-state index is 9.01. The molecular weight excluding hydrogens is 410 g/mol. The van der Waals surface area contributed by atoms with Crippen LogP contribution < -0.4 is 10.6 Å². The molecule has 0 atom stereocenters. The Morgan fingerprint density at radius 1 is 0.758 bits per heavy atom. The zero-order valence-corrected chi connectivity index (χ0v) is 16.5. The summed E-state index contributed by atoms with van der Waals surface area (Å²) in [5.74, 6) is 0. The van der Waals surface area contributed by atoms with Crippen molar-refractivity contribution in [2.45, 2.75) is 35.1 Å². The van der Waals surface area contributed by atoms with Crippen LogP contribution in [0.1, 0.15) is 46.2 Å². The van der Waals surface area contributed by atoms with Gasteiger partial charge in [0.1, 0.15) is 12.1 Å². The van der Waals surface area contributed by atoms with E-state index in [1.807, 2.05) is 23.1 Å². The lowest BCUT2D eigenvalue weighted by atomic mass is 10.1. The minimum Gasteiger partial charge on any atom is -0.398 e. The highest BCUT2D eigenvalue weighted by Crippen LogP contribution is 2.19. The van der Waals surface area contributed by atoms with Gasteiger partial charge >= 0.3 is 0 Å². The minimum atomic E-state index is 0. The van der Waals surface area contributed by atoms with E-state index in [-0.39, 0.29) is 22.3 Å². The summed E-state index contributed by atoms with van der Waals surface area (Å²) in [5.41, 5.74) is 7.85. The van der Waals surface area contributed by atoms with E-state index in [1.165, 1.54) is 6.08 Å². The molecule has 0 fully saturated rings. The summed E-state index contributed by atoms with van der Waals surface area (Å²) >= 11 is 0. The lowest BCUT2D eigenvalue weighted by Gasteiger charge is -2.23. The van der Waals surface area contributed by atoms with Crippen molar-refractivity contribution >= 4 is 11.4 Å². The Balaban J connectivity index is -0.000000223. The van der Waals surface area contributed by atoms with Gasteiger partial charge in [0.15, 0.2) is 0 Å². The molecule has 0 radical (unpaired) electrons. The number of nitrogen functional groups attached to an aromatic ring is 1. The van der Waals surface area contributed by atoms with Crippen molar-refractivity contribution in [3.63, 3.8) is 0 Å². The normalized spacial score (nSPS) is 7.24. The molecule has 2 aromatic carbocycles. The Bertz CT molecular complexity index is 991. The molecule has 7 heteroatoms. The van der Waals surface area contributed by atoms with Gasteiger partial charge < -0.3 is 10.6 Å². The van der Waals surface area contributed by atoms with Gasteiger partial charge in [0.2, 0.25) is 0 Å². The summed E-state index contributed by atoms with van der Waals surface area (Å²) < 4.78 is 0. The molecule has 33 heavy (non-hydrogen) atoms. The van der Waals surface area contributed by atoms with Crippen LogP contribution in [-0.2, 0) is 0 Å². The van der Waals surface area contributed by atoms with Crippen LogP contribution in [0.3, 0.4) is 0 Å². The Morgan fingerprint density at radius 3 is 1.55 bits per heavy atom. The second kappa shape index (κ2) is 23.5. The van der Waals surface area contributed by atoms with Crippen LogP contribution in [0.15, 0.2) is 61.2 Å². The summed E-state index contributed by atoms with van der Waals surface area (Å²) in [7, 11) is 0. The van der Waals surface area contributed by atoms with Crippen LogP contribution in [0.2, 0.25) is 0 Å². The molecule has 2 rings (SSSR count). The summed E-state index contributed by atoms with van der Waals surface area (Å²) in [5, 5.41) is 42.1. The Labute approximate surface area is 199 Å². The zero-order chi connectivity index (χ0) is 22.6. The maximum Gasteiger partial charge on any atom is 0.101 e. The van der Waals surface area contributed by atoms with Gasteiger partial charge in [-0.2, -0.15) is 26.3 Å². The van der Waals surface area contributed by atoms with Crippen molar-refractivity contribution in [1.82, 2.24) is 0 Å². The van der Waals surface area contributed by atoms with Gasteiger partial charge in [-0.05, 0) is 24.3 Å². The molecule has 0 amide bonds. The third-order valence-electron chi connectivity index (χ3n) is 3.52. The monoisotopic (exact) mass is 443 g/mol. The number of rotatable bonds is 5. The third-order valence-corrected chi connectivity index (χ3v) is 3.52. The van der Waals surface area contributed by atoms with E-state index < -0.39 is 0 Å². The average Bonchev–Trinajstić information content (AvgIpc) is 2.80. The summed E-state index contributed by atoms with van der Waals surface area (Å²) in [6.07, 6.45) is 1.94. The van der Waals surface area contributed by atoms with Crippen LogP contribution in [0, 0.1) is 56.7 Å². The van der Waals surface area contributed by atoms with Gasteiger partial charge in [-0.1, -0.05) is 53.1 Å². The summed E-state index contributed by atoms with van der Waals surface area (Å²) in [6, 6.07) is 24.1. The molecule has 172 valence electrons. The van der Waals surface area contributed by atoms with Crippen molar-refractivity contribution in [1.29, 1.82) is 26.3 Å². The zero-order valence-electron chi connectivity index (χ0n) is 16.5. The molecule has 7 nitrogen and oxygen atoms in total. The number of hydrogen-bond acceptors (Lipinski definition) is 7. The number of nitrogens with two attached hydrogens (primary N) is 1. The molecule has 0 aliphatic heterocycles. The molecule has 0 unspecified atom stereocenters. The van der Waals surface area contributed by atoms with Crippen molar-refractivity contribution in [3.05, 3.63) is 72.3 Å². The standard InChI is InChI=1S/C13H12N4.C7H6N2.C3H3N.3CH4/c14-7-3-9-17(10-4-8-15)13-6-2-1-5-12(13)11-16;8-5-6-3-1-2-4-7(6)9;1-2-3-4;;;/h1-2,5-6H,3-4,9-10H2;1-4H,9H2;2H,1H2;3*1H4. The van der Waals surface area contributed by atoms with Crippen molar-refractivity contribution in [2.75, 3.05) is 23.7 Å². The number of nitrogens with zero attached hydrogens (tertiary/aromatic N) is 6. The highest BCUT2D eigenvalue weighted by molar-refractivity contribution is 5.59. The lowest BCUT2D eigenvalue weighted by molar-refractivity contribution is 0.795. The molecule has 0 spiro atoms. The molecule has 0 saturated heterocycles. The first-order valence-electron chi connectivity index (χ1n) is 8.82. The van der Waals surface area contributed by atoms with Gasteiger partial charge in [-0.3, -0.25) is 0 Å². The van der Waals surface area contributed by atoms with E-state index in [4.69, 9.17) is 32.0 Å². The van der Waals surface area contributed by atoms with E-state index in [0.717, 1.165) is 5.69 Å². The Kier molecular flexibility index (Phi) is 25.4. The van der Waals surface area contributed by atoms with Crippen molar-refractivity contribution in [2.24, 2.45) is 0 Å². The maximum absolute atomic E-state index is 9.01. The van der Waals surface area contributed by atoms with Crippen molar-refractivity contribution in [3.8, 4) is 30.3 Å². The van der Waals surface area contributed by atoms with Gasteiger partial charge in [-0.25, -0.2) is 0 Å². The first-order valence-corrected chi connectivity index (χ1v) is 8.82. The number of allylic oxidation sites excluding steroid dienone is 1. The third kappa shape index (κ3) is 14.8. The first kappa shape index (κ1) is 35.7. The van der Waals surface area contributed by atoms with E-state index in [9.17, 15) is 0 Å². The highest BCUT2D eigenvalue weighted by Gasteiger charge is 2.09. The Hall–Kier alpha value is -4.77. The molecule has 0 bridgehead atoms. The molecule has 0 heterocycles. The van der Waals surface area contributed by atoms with Crippen LogP contribution in [-0.4, -0.2) is 13.1 Å². The van der Waals surface area contributed by atoms with E-state index >= 15 is 0 Å². The molecule has 0 saturated carbocycles. The van der Waals surface area contributed by atoms with Gasteiger partial charge in [-0.15, -0.1) is 0 Å². The van der Waals surface area contributed by atoms with Crippen LogP contribution in [0.4, 0.5) is 11.4 Å². The van der Waals surface area contributed by atoms with E-state index in [1.54, 1.807) is 42.5 Å². The molecular formula is C26H33N7. The fourth-order valence-corrected chi connectivity index (χ4v) is 2.17. The van der Waals surface area contributed by atoms with Crippen LogP contribution in [0.25, 0.3) is 0 Å². The fraction of sp³-hybridized carbons (Fsp3) is 0.269. The quantitative estimate of drug-likeness (QED) is 0.444. The van der Waals surface area contributed by atoms with Crippen molar-refractivity contribution < 1.29 is 0 Å². The highest BCUT2D eigenvalue weighted by atomic mass is 15.1. The molecule has 2 aromatic rings.